The summed E-state index contributed by atoms with van der Waals surface area (Å²) in [4.78, 5) is 24.8. The number of nitrogens with one attached hydrogen (secondary N) is 1. The lowest BCUT2D eigenvalue weighted by molar-refractivity contribution is -0.122. The predicted molar refractivity (Wildman–Crippen MR) is 91.6 cm³/mol. The number of nitrogens with zero attached hydrogens (tertiary/aromatic N) is 2. The topological polar surface area (TPSA) is 64.0 Å². The minimum absolute atomic E-state index is 0.0184. The van der Waals surface area contributed by atoms with Gasteiger partial charge in [-0.3, -0.25) is 9.59 Å². The maximum atomic E-state index is 12.4. The van der Waals surface area contributed by atoms with Crippen molar-refractivity contribution in [3.63, 3.8) is 0 Å². The van der Waals surface area contributed by atoms with Crippen molar-refractivity contribution in [3.8, 4) is 0 Å². The summed E-state index contributed by atoms with van der Waals surface area (Å²) in [6, 6.07) is 15.4. The van der Waals surface area contributed by atoms with Crippen LogP contribution in [0.15, 0.2) is 59.5 Å². The minimum Gasteiger partial charge on any atom is -0.348 e. The van der Waals surface area contributed by atoms with E-state index in [0.717, 1.165) is 18.2 Å². The average Bonchev–Trinajstić information content (AvgIpc) is 3.01. The first-order valence-corrected chi connectivity index (χ1v) is 8.04. The van der Waals surface area contributed by atoms with Crippen molar-refractivity contribution < 1.29 is 4.79 Å². The lowest BCUT2D eigenvalue weighted by atomic mass is 10.1. The number of amides is 1. The molecule has 0 saturated heterocycles. The van der Waals surface area contributed by atoms with E-state index in [-0.39, 0.29) is 24.1 Å². The van der Waals surface area contributed by atoms with Gasteiger partial charge < -0.3 is 5.32 Å². The number of hydrogen-bond acceptors (Lipinski definition) is 3. The number of fused-ring (bicyclic) bond motifs is 2. The molecule has 1 heterocycles. The Hall–Kier alpha value is -2.95. The van der Waals surface area contributed by atoms with Crippen LogP contribution in [0.5, 0.6) is 0 Å². The van der Waals surface area contributed by atoms with Gasteiger partial charge in [0.15, 0.2) is 0 Å². The number of benzene rings is 2. The summed E-state index contributed by atoms with van der Waals surface area (Å²) >= 11 is 0. The minimum atomic E-state index is -0.241. The van der Waals surface area contributed by atoms with Gasteiger partial charge in [0.05, 0.1) is 17.6 Å². The summed E-state index contributed by atoms with van der Waals surface area (Å²) in [6.45, 7) is -0.0671. The second-order valence-electron chi connectivity index (χ2n) is 6.05. The average molecular weight is 319 g/mol. The van der Waals surface area contributed by atoms with Crippen LogP contribution in [0.1, 0.15) is 23.6 Å². The van der Waals surface area contributed by atoms with E-state index in [1.807, 2.05) is 36.4 Å². The van der Waals surface area contributed by atoms with E-state index in [4.69, 9.17) is 0 Å². The Morgan fingerprint density at radius 3 is 2.88 bits per heavy atom. The normalized spacial score (nSPS) is 16.1. The van der Waals surface area contributed by atoms with E-state index in [0.29, 0.717) is 5.39 Å². The third kappa shape index (κ3) is 2.58. The molecule has 1 aromatic heterocycles. The van der Waals surface area contributed by atoms with E-state index >= 15 is 0 Å². The zero-order chi connectivity index (χ0) is 16.5. The summed E-state index contributed by atoms with van der Waals surface area (Å²) in [5, 5.41) is 8.49. The summed E-state index contributed by atoms with van der Waals surface area (Å²) in [5.74, 6) is -0.193. The third-order valence-electron chi connectivity index (χ3n) is 4.52. The molecule has 0 fully saturated rings. The standard InChI is InChI=1S/C19H17N3O2/c23-18(21-17-10-9-13-5-1-3-7-15(13)17)12-22-19(24)16-8-4-2-6-14(16)11-20-22/h1-8,11,17H,9-10,12H2,(H,21,23). The molecular weight excluding hydrogens is 302 g/mol. The molecule has 1 aliphatic carbocycles. The van der Waals surface area contributed by atoms with Gasteiger partial charge in [0, 0.05) is 5.39 Å². The first kappa shape index (κ1) is 14.6. The Morgan fingerprint density at radius 2 is 1.96 bits per heavy atom. The van der Waals surface area contributed by atoms with Crippen molar-refractivity contribution >= 4 is 16.7 Å². The van der Waals surface area contributed by atoms with Crippen LogP contribution in [-0.4, -0.2) is 15.7 Å². The van der Waals surface area contributed by atoms with Crippen LogP contribution in [-0.2, 0) is 17.8 Å². The maximum absolute atomic E-state index is 12.4. The molecule has 0 aliphatic heterocycles. The van der Waals surface area contributed by atoms with Gasteiger partial charge in [-0.1, -0.05) is 42.5 Å². The fourth-order valence-electron chi connectivity index (χ4n) is 3.32. The Balaban J connectivity index is 1.53. The van der Waals surface area contributed by atoms with E-state index in [1.54, 1.807) is 12.3 Å². The maximum Gasteiger partial charge on any atom is 0.275 e. The van der Waals surface area contributed by atoms with Crippen LogP contribution >= 0.6 is 0 Å². The lowest BCUT2D eigenvalue weighted by Crippen LogP contribution is -2.35. The fraction of sp³-hybridized carbons (Fsp3) is 0.211. The van der Waals surface area contributed by atoms with Crippen LogP contribution < -0.4 is 10.9 Å². The zero-order valence-electron chi connectivity index (χ0n) is 13.1. The molecule has 4 rings (SSSR count). The van der Waals surface area contributed by atoms with Gasteiger partial charge >= 0.3 is 0 Å². The number of hydrogen-bond donors (Lipinski definition) is 1. The fourth-order valence-corrected chi connectivity index (χ4v) is 3.32. The van der Waals surface area contributed by atoms with Gasteiger partial charge in [-0.15, -0.1) is 0 Å². The molecule has 5 heteroatoms. The number of carbonyl (C=O) groups is 1. The van der Waals surface area contributed by atoms with Crippen molar-refractivity contribution in [1.82, 2.24) is 15.1 Å². The molecule has 1 aliphatic rings. The molecule has 24 heavy (non-hydrogen) atoms. The summed E-state index contributed by atoms with van der Waals surface area (Å²) in [5.41, 5.74) is 2.21. The monoisotopic (exact) mass is 319 g/mol. The van der Waals surface area contributed by atoms with Gasteiger partial charge in [0.1, 0.15) is 6.54 Å². The van der Waals surface area contributed by atoms with E-state index < -0.39 is 0 Å². The highest BCUT2D eigenvalue weighted by molar-refractivity contribution is 5.81. The SMILES string of the molecule is O=C(Cn1ncc2ccccc2c1=O)NC1CCc2ccccc21. The first-order valence-electron chi connectivity index (χ1n) is 8.04. The van der Waals surface area contributed by atoms with Crippen molar-refractivity contribution in [2.75, 3.05) is 0 Å². The smallest absolute Gasteiger partial charge is 0.275 e. The number of aryl methyl sites for hydroxylation is 1. The third-order valence-corrected chi connectivity index (χ3v) is 4.52. The molecule has 0 saturated carbocycles. The summed E-state index contributed by atoms with van der Waals surface area (Å²) in [6.07, 6.45) is 3.48. The molecular formula is C19H17N3O2. The first-order chi connectivity index (χ1) is 11.7. The lowest BCUT2D eigenvalue weighted by Gasteiger charge is -2.14. The van der Waals surface area contributed by atoms with Gasteiger partial charge in [0.25, 0.3) is 5.56 Å². The molecule has 0 spiro atoms. The van der Waals surface area contributed by atoms with E-state index in [2.05, 4.69) is 16.5 Å². The molecule has 5 nitrogen and oxygen atoms in total. The second kappa shape index (κ2) is 5.92. The van der Waals surface area contributed by atoms with Crippen molar-refractivity contribution in [3.05, 3.63) is 76.2 Å². The largest absolute Gasteiger partial charge is 0.348 e. The highest BCUT2D eigenvalue weighted by Gasteiger charge is 2.23. The van der Waals surface area contributed by atoms with Gasteiger partial charge in [-0.2, -0.15) is 5.10 Å². The Kier molecular flexibility index (Phi) is 3.61. The molecule has 1 amide bonds. The molecule has 3 aromatic rings. The van der Waals surface area contributed by atoms with Crippen molar-refractivity contribution in [2.24, 2.45) is 0 Å². The summed E-state index contributed by atoms with van der Waals surface area (Å²) in [7, 11) is 0. The summed E-state index contributed by atoms with van der Waals surface area (Å²) < 4.78 is 1.22. The van der Waals surface area contributed by atoms with Crippen LogP contribution in [0, 0.1) is 0 Å². The quantitative estimate of drug-likeness (QED) is 0.805. The highest BCUT2D eigenvalue weighted by atomic mass is 16.2. The molecule has 2 aromatic carbocycles. The van der Waals surface area contributed by atoms with Crippen molar-refractivity contribution in [2.45, 2.75) is 25.4 Å². The Morgan fingerprint density at radius 1 is 1.17 bits per heavy atom. The predicted octanol–water partition coefficient (Wildman–Crippen LogP) is 2.20. The van der Waals surface area contributed by atoms with Crippen LogP contribution in [0.3, 0.4) is 0 Å². The highest BCUT2D eigenvalue weighted by Crippen LogP contribution is 2.30. The molecule has 120 valence electrons. The number of carbonyl (C=O) groups excluding carboxylic acids is 1. The van der Waals surface area contributed by atoms with Gasteiger partial charge in [0.2, 0.25) is 5.91 Å². The molecule has 1 atom stereocenters. The van der Waals surface area contributed by atoms with Crippen LogP contribution in [0.4, 0.5) is 0 Å². The number of rotatable bonds is 3. The van der Waals surface area contributed by atoms with E-state index in [1.165, 1.54) is 15.8 Å². The molecule has 1 unspecified atom stereocenters. The molecule has 0 bridgehead atoms. The van der Waals surface area contributed by atoms with Crippen LogP contribution in [0.2, 0.25) is 0 Å². The number of aromatic nitrogens is 2. The molecule has 1 N–H and O–H groups in total. The van der Waals surface area contributed by atoms with Gasteiger partial charge in [-0.05, 0) is 30.0 Å². The van der Waals surface area contributed by atoms with E-state index in [9.17, 15) is 9.59 Å². The Bertz CT molecular complexity index is 978. The Labute approximate surface area is 138 Å². The van der Waals surface area contributed by atoms with Crippen molar-refractivity contribution in [1.29, 1.82) is 0 Å². The van der Waals surface area contributed by atoms with Crippen LogP contribution in [0.25, 0.3) is 10.8 Å². The van der Waals surface area contributed by atoms with Gasteiger partial charge in [-0.25, -0.2) is 4.68 Å². The zero-order valence-corrected chi connectivity index (χ0v) is 13.1. The second-order valence-corrected chi connectivity index (χ2v) is 6.05. The molecule has 0 radical (unpaired) electrons.